The first-order valence-electron chi connectivity index (χ1n) is 18.2. The molecule has 0 unspecified atom stereocenters. The van der Waals surface area contributed by atoms with E-state index < -0.39 is 0 Å². The molecule has 2 heterocycles. The van der Waals surface area contributed by atoms with Gasteiger partial charge in [-0.25, -0.2) is 19.9 Å². The van der Waals surface area contributed by atoms with Crippen LogP contribution >= 0.6 is 0 Å². The third kappa shape index (κ3) is 4.85. The van der Waals surface area contributed by atoms with Crippen LogP contribution in [0.2, 0.25) is 0 Å². The van der Waals surface area contributed by atoms with Gasteiger partial charge in [0.1, 0.15) is 0 Å². The molecule has 0 atom stereocenters. The first kappa shape index (κ1) is 30.3. The van der Waals surface area contributed by atoms with Gasteiger partial charge in [0.2, 0.25) is 0 Å². The predicted octanol–water partition coefficient (Wildman–Crippen LogP) is 12.9. The normalized spacial score (nSPS) is 11.7. The molecule has 4 heteroatoms. The molecule has 250 valence electrons. The Morgan fingerprint density at radius 1 is 0.259 bits per heavy atom. The number of benzene rings is 9. The van der Waals surface area contributed by atoms with Crippen molar-refractivity contribution in [1.29, 1.82) is 0 Å². The maximum absolute atomic E-state index is 5.31. The lowest BCUT2D eigenvalue weighted by molar-refractivity contribution is 1.22. The number of para-hydroxylation sites is 2. The number of rotatable bonds is 4. The molecule has 0 aliphatic rings. The van der Waals surface area contributed by atoms with E-state index in [9.17, 15) is 0 Å². The van der Waals surface area contributed by atoms with Crippen LogP contribution in [-0.2, 0) is 0 Å². The Bertz CT molecular complexity index is 3060. The van der Waals surface area contributed by atoms with Crippen molar-refractivity contribution in [1.82, 2.24) is 19.9 Å². The Kier molecular flexibility index (Phi) is 6.82. The SMILES string of the molecule is c1ccc2c(c1)cc(-c1nc(-c3ccc(-c4nc(-c5cc6ccccc6c6ccccc56)c5ccccc5n4)cc3)nc3ccccc13)c1ccccc12. The van der Waals surface area contributed by atoms with E-state index in [0.717, 1.165) is 55.4 Å². The van der Waals surface area contributed by atoms with Gasteiger partial charge in [-0.05, 0) is 67.4 Å². The molecule has 4 nitrogen and oxygen atoms in total. The average molecular weight is 687 g/mol. The first-order valence-corrected chi connectivity index (χ1v) is 18.2. The molecule has 0 fully saturated rings. The molecule has 0 aliphatic carbocycles. The summed E-state index contributed by atoms with van der Waals surface area (Å²) in [7, 11) is 0. The minimum absolute atomic E-state index is 0.676. The topological polar surface area (TPSA) is 51.6 Å². The maximum atomic E-state index is 5.31. The summed E-state index contributed by atoms with van der Waals surface area (Å²) in [5, 5.41) is 11.7. The lowest BCUT2D eigenvalue weighted by Gasteiger charge is -2.14. The lowest BCUT2D eigenvalue weighted by atomic mass is 9.94. The zero-order valence-electron chi connectivity index (χ0n) is 29.1. The molecule has 11 rings (SSSR count). The Balaban J connectivity index is 1.06. The highest BCUT2D eigenvalue weighted by atomic mass is 14.9. The van der Waals surface area contributed by atoms with Crippen molar-refractivity contribution in [2.24, 2.45) is 0 Å². The Morgan fingerprint density at radius 3 is 1.02 bits per heavy atom. The monoisotopic (exact) mass is 686 g/mol. The van der Waals surface area contributed by atoms with Crippen LogP contribution in [-0.4, -0.2) is 19.9 Å². The lowest BCUT2D eigenvalue weighted by Crippen LogP contribution is -1.97. The summed E-state index contributed by atoms with van der Waals surface area (Å²) in [6, 6.07) is 63.8. The van der Waals surface area contributed by atoms with Gasteiger partial charge in [0.25, 0.3) is 0 Å². The highest BCUT2D eigenvalue weighted by Crippen LogP contribution is 2.40. The van der Waals surface area contributed by atoms with Gasteiger partial charge in [0.05, 0.1) is 22.4 Å². The molecule has 9 aromatic carbocycles. The van der Waals surface area contributed by atoms with Gasteiger partial charge in [-0.15, -0.1) is 0 Å². The van der Waals surface area contributed by atoms with Gasteiger partial charge in [-0.1, -0.05) is 158 Å². The smallest absolute Gasteiger partial charge is 0.160 e. The predicted molar refractivity (Wildman–Crippen MR) is 224 cm³/mol. The van der Waals surface area contributed by atoms with Crippen molar-refractivity contribution in [2.75, 3.05) is 0 Å². The van der Waals surface area contributed by atoms with Crippen LogP contribution in [0.3, 0.4) is 0 Å². The highest BCUT2D eigenvalue weighted by Gasteiger charge is 2.18. The van der Waals surface area contributed by atoms with E-state index in [1.807, 2.05) is 12.1 Å². The van der Waals surface area contributed by atoms with Gasteiger partial charge in [-0.3, -0.25) is 0 Å². The second-order valence-electron chi connectivity index (χ2n) is 13.8. The fourth-order valence-electron chi connectivity index (χ4n) is 8.09. The Labute approximate surface area is 311 Å². The second-order valence-corrected chi connectivity index (χ2v) is 13.8. The van der Waals surface area contributed by atoms with E-state index >= 15 is 0 Å². The summed E-state index contributed by atoms with van der Waals surface area (Å²) < 4.78 is 0. The summed E-state index contributed by atoms with van der Waals surface area (Å²) >= 11 is 0. The van der Waals surface area contributed by atoms with Crippen LogP contribution in [0, 0.1) is 0 Å². The summed E-state index contributed by atoms with van der Waals surface area (Å²) in [5.41, 5.74) is 7.71. The molecule has 0 saturated heterocycles. The van der Waals surface area contributed by atoms with Gasteiger partial charge in [0.15, 0.2) is 11.6 Å². The van der Waals surface area contributed by atoms with Gasteiger partial charge >= 0.3 is 0 Å². The minimum atomic E-state index is 0.676. The zero-order chi connectivity index (χ0) is 35.6. The van der Waals surface area contributed by atoms with Gasteiger partial charge in [0, 0.05) is 33.0 Å². The summed E-state index contributed by atoms with van der Waals surface area (Å²) in [5.74, 6) is 1.35. The molecule has 0 bridgehead atoms. The van der Waals surface area contributed by atoms with Crippen molar-refractivity contribution in [3.05, 3.63) is 182 Å². The Morgan fingerprint density at radius 2 is 0.593 bits per heavy atom. The fraction of sp³-hybridized carbons (Fsp3) is 0. The number of hydrogen-bond acceptors (Lipinski definition) is 4. The number of hydrogen-bond donors (Lipinski definition) is 0. The standard InChI is InChI=1S/C50H30N4/c1-3-15-35-33(13-1)29-43(39-19-7-5-17-37(35)39)47-41-21-9-11-23-45(41)51-49(53-47)31-25-27-32(28-26-31)50-52-46-24-12-10-22-42(46)48(54-50)44-30-34-14-2-4-16-36(34)38-18-6-8-20-40(38)44/h1-30H. The van der Waals surface area contributed by atoms with Gasteiger partial charge < -0.3 is 0 Å². The van der Waals surface area contributed by atoms with Crippen LogP contribution in [0.5, 0.6) is 0 Å². The Hall–Kier alpha value is -7.30. The third-order valence-electron chi connectivity index (χ3n) is 10.7. The quantitative estimate of drug-likeness (QED) is 0.173. The second kappa shape index (κ2) is 12.1. The molecule has 2 aromatic heterocycles. The molecule has 0 amide bonds. The molecule has 0 N–H and O–H groups in total. The van der Waals surface area contributed by atoms with Crippen LogP contribution in [0.15, 0.2) is 182 Å². The fourth-order valence-corrected chi connectivity index (χ4v) is 8.09. The van der Waals surface area contributed by atoms with Crippen LogP contribution in [0.1, 0.15) is 0 Å². The van der Waals surface area contributed by atoms with E-state index in [4.69, 9.17) is 19.9 Å². The van der Waals surface area contributed by atoms with E-state index in [1.165, 1.54) is 43.1 Å². The van der Waals surface area contributed by atoms with Gasteiger partial charge in [-0.2, -0.15) is 0 Å². The number of aromatic nitrogens is 4. The van der Waals surface area contributed by atoms with E-state index in [0.29, 0.717) is 11.6 Å². The van der Waals surface area contributed by atoms with Crippen molar-refractivity contribution in [3.8, 4) is 45.3 Å². The van der Waals surface area contributed by atoms with E-state index in [2.05, 4.69) is 170 Å². The largest absolute Gasteiger partial charge is 0.228 e. The average Bonchev–Trinajstić information content (AvgIpc) is 3.25. The maximum Gasteiger partial charge on any atom is 0.160 e. The first-order chi connectivity index (χ1) is 26.8. The molecule has 0 saturated carbocycles. The minimum Gasteiger partial charge on any atom is -0.228 e. The third-order valence-corrected chi connectivity index (χ3v) is 10.7. The number of nitrogens with zero attached hydrogens (tertiary/aromatic N) is 4. The molecule has 0 spiro atoms. The van der Waals surface area contributed by atoms with Crippen molar-refractivity contribution in [2.45, 2.75) is 0 Å². The summed E-state index contributed by atoms with van der Waals surface area (Å²) in [6.45, 7) is 0. The number of fused-ring (bicyclic) bond motifs is 8. The van der Waals surface area contributed by atoms with Crippen LogP contribution in [0.25, 0.3) is 110 Å². The van der Waals surface area contributed by atoms with Crippen LogP contribution < -0.4 is 0 Å². The van der Waals surface area contributed by atoms with E-state index in [1.54, 1.807) is 0 Å². The molecule has 54 heavy (non-hydrogen) atoms. The molecular weight excluding hydrogens is 657 g/mol. The molecule has 0 aliphatic heterocycles. The van der Waals surface area contributed by atoms with Crippen molar-refractivity contribution in [3.63, 3.8) is 0 Å². The van der Waals surface area contributed by atoms with Crippen molar-refractivity contribution >= 4 is 64.9 Å². The van der Waals surface area contributed by atoms with Crippen molar-refractivity contribution < 1.29 is 0 Å². The molecule has 11 aromatic rings. The summed E-state index contributed by atoms with van der Waals surface area (Å²) in [6.07, 6.45) is 0. The molecule has 0 radical (unpaired) electrons. The molecular formula is C50H30N4. The van der Waals surface area contributed by atoms with E-state index in [-0.39, 0.29) is 0 Å². The zero-order valence-corrected chi connectivity index (χ0v) is 29.1. The highest BCUT2D eigenvalue weighted by molar-refractivity contribution is 6.17. The summed E-state index contributed by atoms with van der Waals surface area (Å²) in [4.78, 5) is 20.8. The van der Waals surface area contributed by atoms with Crippen LogP contribution in [0.4, 0.5) is 0 Å².